The Morgan fingerprint density at radius 3 is 1.60 bits per heavy atom. The highest BCUT2D eigenvalue weighted by Gasteiger charge is 2.36. The number of rotatable bonds is 5. The van der Waals surface area contributed by atoms with Crippen LogP contribution in [0.4, 0.5) is 21.2 Å². The molecule has 0 aliphatic carbocycles. The van der Waals surface area contributed by atoms with Crippen LogP contribution in [0, 0.1) is 18.7 Å². The van der Waals surface area contributed by atoms with Crippen LogP contribution in [-0.4, -0.2) is 124 Å². The molecule has 16 nitrogen and oxygen atoms in total. The molecule has 17 heteroatoms. The average molecular weight is 868 g/mol. The van der Waals surface area contributed by atoms with Crippen molar-refractivity contribution in [2.24, 2.45) is 11.8 Å². The second-order valence-corrected chi connectivity index (χ2v) is 16.1. The monoisotopic (exact) mass is 868 g/mol. The number of aryl methyl sites for hydroxylation is 1. The Hall–Kier alpha value is -5.29. The van der Waals surface area contributed by atoms with Gasteiger partial charge in [0.2, 0.25) is 0 Å². The van der Waals surface area contributed by atoms with Crippen LogP contribution in [0.2, 0.25) is 0 Å². The second-order valence-electron chi connectivity index (χ2n) is 15.1. The fourth-order valence-electron chi connectivity index (χ4n) is 5.30. The molecule has 4 aromatic heterocycles. The van der Waals surface area contributed by atoms with Crippen LogP contribution < -0.4 is 9.80 Å². The van der Waals surface area contributed by atoms with E-state index in [1.165, 1.54) is 66.1 Å². The third-order valence-corrected chi connectivity index (χ3v) is 8.76. The van der Waals surface area contributed by atoms with Crippen LogP contribution in [0.15, 0.2) is 66.3 Å². The van der Waals surface area contributed by atoms with Gasteiger partial charge in [-0.1, -0.05) is 31.4 Å². The highest BCUT2D eigenvalue weighted by molar-refractivity contribution is 7.79. The van der Waals surface area contributed by atoms with Gasteiger partial charge in [0.1, 0.15) is 49.5 Å². The third-order valence-electron chi connectivity index (χ3n) is 8.10. The lowest BCUT2D eigenvalue weighted by molar-refractivity contribution is 0.0155. The molecule has 0 bridgehead atoms. The zero-order chi connectivity index (χ0) is 63.0. The molecule has 0 saturated carbocycles. The molecule has 60 heavy (non-hydrogen) atoms. The van der Waals surface area contributed by atoms with Gasteiger partial charge in [-0.05, 0) is 108 Å². The van der Waals surface area contributed by atoms with Gasteiger partial charge >= 0.3 is 12.2 Å². The normalized spacial score (nSPS) is 32.8. The molecule has 2 saturated heterocycles. The molecule has 2 amide bonds. The van der Waals surface area contributed by atoms with E-state index >= 15 is 0 Å². The highest BCUT2D eigenvalue weighted by atomic mass is 32.2. The Kier molecular flexibility index (Phi) is 7.83. The van der Waals surface area contributed by atoms with E-state index in [2.05, 4.69) is 29.9 Å². The zero-order valence-corrected chi connectivity index (χ0v) is 34.7. The Morgan fingerprint density at radius 1 is 0.800 bits per heavy atom. The van der Waals surface area contributed by atoms with Crippen LogP contribution in [0.5, 0.6) is 0 Å². The van der Waals surface area contributed by atoms with Crippen molar-refractivity contribution in [2.45, 2.75) is 103 Å². The number of carbonyl (C=O) groups is 2. The molecule has 5 unspecified atom stereocenters. The number of ether oxygens (including phenoxy) is 2. The van der Waals surface area contributed by atoms with Gasteiger partial charge in [-0.15, -0.1) is 0 Å². The Balaban J connectivity index is 0.000000257. The summed E-state index contributed by atoms with van der Waals surface area (Å²) in [5.41, 5.74) is -1.16. The minimum Gasteiger partial charge on any atom is -0.768 e. The minimum atomic E-state index is -3.50. The zero-order valence-electron chi connectivity index (χ0n) is 55.9. The van der Waals surface area contributed by atoms with Crippen molar-refractivity contribution >= 4 is 57.0 Å². The summed E-state index contributed by atoms with van der Waals surface area (Å²) in [5.74, 6) is -7.47. The van der Waals surface area contributed by atoms with E-state index in [9.17, 15) is 21.1 Å². The molecular weight excluding hydrogens is 785 g/mol. The standard InChI is InChI=1S/2C18H27N5O2.C7H8O2S/c2*1-12-7-9-23(17(24)25-18(2,3)4)10-14(12)22(5)16-13-6-8-19-15(13)20-11-21-16;1-6-2-4-7(5-3-6)10(8)9/h2*6,8,11-12,14H,7,9-10H2,1-5H3,(H,19,20,21);2-5H,1H3,(H,8,9)/p-1/i2*1D3,5D3,10D2,11D,12D,14D;. The van der Waals surface area contributed by atoms with E-state index in [1.54, 1.807) is 24.3 Å². The van der Waals surface area contributed by atoms with Crippen molar-refractivity contribution in [3.8, 4) is 0 Å². The second kappa shape index (κ2) is 19.4. The Labute approximate surface area is 386 Å². The number of hydrogen-bond acceptors (Lipinski definition) is 12. The fourth-order valence-corrected chi connectivity index (χ4v) is 5.66. The summed E-state index contributed by atoms with van der Waals surface area (Å²) in [6, 6.07) is 2.33. The topological polar surface area (TPSA) is 189 Å². The number of hydrogen-bond donors (Lipinski definition) is 2. The van der Waals surface area contributed by atoms with E-state index in [4.69, 9.17) is 36.9 Å². The van der Waals surface area contributed by atoms with E-state index < -0.39 is 149 Å². The number of aromatic nitrogens is 6. The van der Waals surface area contributed by atoms with Crippen molar-refractivity contribution in [3.63, 3.8) is 0 Å². The van der Waals surface area contributed by atoms with Gasteiger partial charge < -0.3 is 43.6 Å². The lowest BCUT2D eigenvalue weighted by Crippen LogP contribution is -2.53. The van der Waals surface area contributed by atoms with Gasteiger partial charge in [0.15, 0.2) is 0 Å². The molecule has 2 aliphatic rings. The number of fused-ring (bicyclic) bond motifs is 2. The van der Waals surface area contributed by atoms with E-state index in [0.717, 1.165) is 5.56 Å². The summed E-state index contributed by atoms with van der Waals surface area (Å²) < 4.78 is 216. The van der Waals surface area contributed by atoms with E-state index in [1.807, 2.05) is 6.92 Å². The number of likely N-dealkylation sites (tertiary alicyclic amines) is 2. The van der Waals surface area contributed by atoms with E-state index in [0.29, 0.717) is 14.7 Å². The maximum absolute atomic E-state index is 13.0. The molecule has 2 aliphatic heterocycles. The molecule has 0 spiro atoms. The first-order valence-electron chi connectivity index (χ1n) is 29.3. The quantitative estimate of drug-likeness (QED) is 0.168. The van der Waals surface area contributed by atoms with Crippen molar-refractivity contribution in [2.75, 3.05) is 49.8 Å². The van der Waals surface area contributed by atoms with Crippen LogP contribution in [0.1, 0.15) is 104 Å². The maximum Gasteiger partial charge on any atom is 0.410 e. The molecule has 7 rings (SSSR count). The third kappa shape index (κ3) is 11.9. The van der Waals surface area contributed by atoms with Gasteiger partial charge in [0, 0.05) is 76.5 Å². The molecule has 6 heterocycles. The van der Waals surface area contributed by atoms with Gasteiger partial charge in [-0.2, -0.15) is 0 Å². The number of likely N-dealkylation sites (N-methyl/N-ethyl adjacent to an activating group) is 2. The summed E-state index contributed by atoms with van der Waals surface area (Å²) >= 11 is -2.09. The first-order valence-corrected chi connectivity index (χ1v) is 19.3. The van der Waals surface area contributed by atoms with Gasteiger partial charge in [-0.25, -0.2) is 29.5 Å². The number of H-pyrrole nitrogens is 2. The molecule has 2 N–H and O–H groups in total. The van der Waals surface area contributed by atoms with Crippen molar-refractivity contribution in [3.05, 3.63) is 67.0 Å². The average Bonchev–Trinajstić information content (AvgIpc) is 1.36. The molecular formula is C43H61N10O6S-. The number of carbonyl (C=O) groups excluding carboxylic acids is 2. The summed E-state index contributed by atoms with van der Waals surface area (Å²) in [5, 5.41) is -0.0985. The lowest BCUT2D eigenvalue weighted by atomic mass is 9.92. The molecule has 5 atom stereocenters. The largest absolute Gasteiger partial charge is 0.768 e. The lowest BCUT2D eigenvalue weighted by Gasteiger charge is -2.42. The highest BCUT2D eigenvalue weighted by Crippen LogP contribution is 2.31. The van der Waals surface area contributed by atoms with Crippen LogP contribution >= 0.6 is 0 Å². The molecule has 1 aromatic carbocycles. The SMILES string of the molecule is Cc1ccc(S(=O)[O-])cc1.[2H]c1nc(N(C([2H])([2H])[2H])C2([2H])C([2H])([2H])N(C(=O)OC(C)(C)C)CCC2([2H])C([2H])([2H])[2H])c2cc[nH]c2n1.[2H]c1nc(N(C([2H])([2H])[2H])C2([2H])C([2H])([2H])N(C(=O)OC(C)(C)C)CCC2([2H])C([2H])([2H])[2H])c2cc[nH]c2n1. The maximum atomic E-state index is 13.0. The number of benzene rings is 1. The molecule has 5 aromatic rings. The minimum absolute atomic E-state index is 0.0207. The van der Waals surface area contributed by atoms with Gasteiger partial charge in [-0.3, -0.25) is 4.21 Å². The number of anilines is 2. The Bertz CT molecular complexity index is 2980. The van der Waals surface area contributed by atoms with Gasteiger partial charge in [0.05, 0.1) is 31.0 Å². The fraction of sp³-hybridized carbons (Fsp3) is 0.535. The summed E-state index contributed by atoms with van der Waals surface area (Å²) in [6.45, 7) is -10.7. The van der Waals surface area contributed by atoms with E-state index in [-0.39, 0.29) is 31.9 Å². The smallest absolute Gasteiger partial charge is 0.410 e. The van der Waals surface area contributed by atoms with Crippen LogP contribution in [-0.2, 0) is 20.6 Å². The van der Waals surface area contributed by atoms with Crippen molar-refractivity contribution in [1.82, 2.24) is 39.7 Å². The summed E-state index contributed by atoms with van der Waals surface area (Å²) in [7, 11) is 0. The molecule has 326 valence electrons. The first kappa shape index (κ1) is 24.2. The number of nitrogens with zero attached hydrogens (tertiary/aromatic N) is 8. The number of piperidine rings is 2. The molecule has 2 fully saturated rings. The van der Waals surface area contributed by atoms with Crippen molar-refractivity contribution in [1.29, 1.82) is 0 Å². The first-order chi connectivity index (χ1) is 36.9. The van der Waals surface area contributed by atoms with Crippen LogP contribution in [0.25, 0.3) is 22.1 Å². The number of nitrogens with one attached hydrogen (secondary N) is 2. The van der Waals surface area contributed by atoms with Gasteiger partial charge in [0.25, 0.3) is 0 Å². The number of amides is 2. The summed E-state index contributed by atoms with van der Waals surface area (Å²) in [4.78, 5) is 48.0. The molecule has 0 radical (unpaired) electrons. The predicted octanol–water partition coefficient (Wildman–Crippen LogP) is 7.31. The Morgan fingerprint density at radius 2 is 1.23 bits per heavy atom. The van der Waals surface area contributed by atoms with Crippen molar-refractivity contribution < 1.29 is 58.0 Å². The summed E-state index contributed by atoms with van der Waals surface area (Å²) in [6.07, 6.45) is -2.77. The predicted molar refractivity (Wildman–Crippen MR) is 234 cm³/mol. The van der Waals surface area contributed by atoms with Crippen LogP contribution in [0.3, 0.4) is 0 Å². The number of aromatic amines is 2.